The number of hydrogen-bond donors (Lipinski definition) is 2. The third kappa shape index (κ3) is 4.20. The lowest BCUT2D eigenvalue weighted by Gasteiger charge is -2.22. The van der Waals surface area contributed by atoms with Gasteiger partial charge in [0.1, 0.15) is 11.1 Å². The summed E-state index contributed by atoms with van der Waals surface area (Å²) in [5, 5.41) is 9.07. The first-order valence-electron chi connectivity index (χ1n) is 8.56. The summed E-state index contributed by atoms with van der Waals surface area (Å²) in [7, 11) is 0. The summed E-state index contributed by atoms with van der Waals surface area (Å²) in [6.45, 7) is 1.88. The van der Waals surface area contributed by atoms with Gasteiger partial charge in [-0.2, -0.15) is 5.10 Å². The fourth-order valence-corrected chi connectivity index (χ4v) is 3.66. The molecule has 1 atom stereocenters. The minimum atomic E-state index is -0.413. The number of carbonyl (C=O) groups is 1. The zero-order chi connectivity index (χ0) is 16.9. The van der Waals surface area contributed by atoms with Crippen LogP contribution in [0.3, 0.4) is 0 Å². The van der Waals surface area contributed by atoms with Gasteiger partial charge in [0.2, 0.25) is 0 Å². The Labute approximate surface area is 145 Å². The predicted molar refractivity (Wildman–Crippen MR) is 91.5 cm³/mol. The fourth-order valence-electron chi connectivity index (χ4n) is 3.45. The van der Waals surface area contributed by atoms with E-state index in [1.54, 1.807) is 0 Å². The van der Waals surface area contributed by atoms with Crippen molar-refractivity contribution in [1.29, 1.82) is 0 Å². The minimum absolute atomic E-state index is 0.118. The van der Waals surface area contributed by atoms with Crippen molar-refractivity contribution in [2.75, 3.05) is 24.5 Å². The molecular formula is C16H23ClN4O3. The van der Waals surface area contributed by atoms with Crippen LogP contribution in [0.5, 0.6) is 0 Å². The van der Waals surface area contributed by atoms with Crippen molar-refractivity contribution in [1.82, 2.24) is 15.5 Å². The average molecular weight is 355 g/mol. The van der Waals surface area contributed by atoms with Crippen LogP contribution >= 0.6 is 11.6 Å². The lowest BCUT2D eigenvalue weighted by atomic mass is 9.89. The molecule has 2 fully saturated rings. The van der Waals surface area contributed by atoms with Gasteiger partial charge < -0.3 is 15.0 Å². The number of nitrogens with one attached hydrogen (secondary N) is 2. The topological polar surface area (TPSA) is 87.3 Å². The van der Waals surface area contributed by atoms with Crippen molar-refractivity contribution in [2.24, 2.45) is 5.92 Å². The Bertz CT molecular complexity index is 630. The van der Waals surface area contributed by atoms with Crippen LogP contribution < -0.4 is 15.8 Å². The van der Waals surface area contributed by atoms with Crippen LogP contribution in [-0.4, -0.2) is 42.0 Å². The number of rotatable bonds is 4. The van der Waals surface area contributed by atoms with Crippen molar-refractivity contribution < 1.29 is 9.53 Å². The summed E-state index contributed by atoms with van der Waals surface area (Å²) in [6, 6.07) is 0. The Balaban J connectivity index is 1.46. The molecule has 7 nitrogen and oxygen atoms in total. The highest BCUT2D eigenvalue weighted by Gasteiger charge is 2.28. The van der Waals surface area contributed by atoms with E-state index in [1.165, 1.54) is 38.3 Å². The number of carbonyl (C=O) groups excluding carboxylic acids is 1. The first kappa shape index (κ1) is 17.1. The number of aromatic amines is 1. The van der Waals surface area contributed by atoms with Crippen molar-refractivity contribution in [3.8, 4) is 0 Å². The number of nitrogens with zero attached hydrogens (tertiary/aromatic N) is 2. The molecule has 1 amide bonds. The van der Waals surface area contributed by atoms with Gasteiger partial charge in [-0.25, -0.2) is 9.89 Å². The smallest absolute Gasteiger partial charge is 0.407 e. The Morgan fingerprint density at radius 1 is 1.38 bits per heavy atom. The van der Waals surface area contributed by atoms with Crippen LogP contribution in [0.1, 0.15) is 38.5 Å². The van der Waals surface area contributed by atoms with Gasteiger partial charge in [0.15, 0.2) is 0 Å². The zero-order valence-electron chi connectivity index (χ0n) is 13.6. The molecule has 2 N–H and O–H groups in total. The maximum atomic E-state index is 12.0. The van der Waals surface area contributed by atoms with Gasteiger partial charge in [0.25, 0.3) is 5.56 Å². The molecule has 1 aliphatic heterocycles. The molecule has 1 saturated heterocycles. The molecule has 0 unspecified atom stereocenters. The van der Waals surface area contributed by atoms with Crippen LogP contribution in [0.15, 0.2) is 11.0 Å². The monoisotopic (exact) mass is 354 g/mol. The third-order valence-electron chi connectivity index (χ3n) is 4.80. The number of ether oxygens (including phenoxy) is 1. The normalized spacial score (nSPS) is 21.7. The van der Waals surface area contributed by atoms with E-state index in [2.05, 4.69) is 15.5 Å². The highest BCUT2D eigenvalue weighted by molar-refractivity contribution is 6.33. The SMILES string of the molecule is O=C(NCC1CCCCC1)O[C@@H]1CCN(c2cn[nH]c(=O)c2Cl)C1. The van der Waals surface area contributed by atoms with Gasteiger partial charge in [0, 0.05) is 19.5 Å². The molecule has 3 rings (SSSR count). The number of anilines is 1. The molecule has 1 aromatic rings. The summed E-state index contributed by atoms with van der Waals surface area (Å²) >= 11 is 6.02. The summed E-state index contributed by atoms with van der Waals surface area (Å²) in [4.78, 5) is 25.4. The minimum Gasteiger partial charge on any atom is -0.444 e. The second-order valence-electron chi connectivity index (χ2n) is 6.55. The van der Waals surface area contributed by atoms with E-state index in [9.17, 15) is 9.59 Å². The highest BCUT2D eigenvalue weighted by atomic mass is 35.5. The number of halogens is 1. The number of alkyl carbamates (subject to hydrolysis) is 1. The Morgan fingerprint density at radius 2 is 2.17 bits per heavy atom. The first-order chi connectivity index (χ1) is 11.6. The summed E-state index contributed by atoms with van der Waals surface area (Å²) in [5.41, 5.74) is 0.165. The van der Waals surface area contributed by atoms with Crippen molar-refractivity contribution in [3.63, 3.8) is 0 Å². The molecular weight excluding hydrogens is 332 g/mol. The van der Waals surface area contributed by atoms with E-state index >= 15 is 0 Å². The van der Waals surface area contributed by atoms with E-state index in [4.69, 9.17) is 16.3 Å². The molecule has 0 aromatic carbocycles. The third-order valence-corrected chi connectivity index (χ3v) is 5.16. The van der Waals surface area contributed by atoms with Crippen LogP contribution in [0.25, 0.3) is 0 Å². The maximum Gasteiger partial charge on any atom is 0.407 e. The molecule has 1 saturated carbocycles. The molecule has 8 heteroatoms. The average Bonchev–Trinajstić information content (AvgIpc) is 3.04. The van der Waals surface area contributed by atoms with Gasteiger partial charge in [0.05, 0.1) is 18.4 Å². The lowest BCUT2D eigenvalue weighted by molar-refractivity contribution is 0.106. The molecule has 2 heterocycles. The number of amides is 1. The highest BCUT2D eigenvalue weighted by Crippen LogP contribution is 2.26. The molecule has 1 aliphatic carbocycles. The van der Waals surface area contributed by atoms with Gasteiger partial charge in [-0.15, -0.1) is 0 Å². The molecule has 2 aliphatic rings. The first-order valence-corrected chi connectivity index (χ1v) is 8.94. The molecule has 1 aromatic heterocycles. The second-order valence-corrected chi connectivity index (χ2v) is 6.92. The summed E-state index contributed by atoms with van der Waals surface area (Å²) in [5.74, 6) is 0.576. The molecule has 132 valence electrons. The maximum absolute atomic E-state index is 12.0. The second kappa shape index (κ2) is 7.88. The molecule has 24 heavy (non-hydrogen) atoms. The van der Waals surface area contributed by atoms with Crippen molar-refractivity contribution in [2.45, 2.75) is 44.6 Å². The van der Waals surface area contributed by atoms with E-state index < -0.39 is 5.56 Å². The van der Waals surface area contributed by atoms with E-state index in [0.717, 1.165) is 0 Å². The molecule has 0 radical (unpaired) electrons. The van der Waals surface area contributed by atoms with E-state index in [1.807, 2.05) is 4.90 Å². The van der Waals surface area contributed by atoms with Gasteiger partial charge in [-0.3, -0.25) is 4.79 Å². The van der Waals surface area contributed by atoms with Gasteiger partial charge in [-0.1, -0.05) is 30.9 Å². The quantitative estimate of drug-likeness (QED) is 0.866. The number of hydrogen-bond acceptors (Lipinski definition) is 5. The molecule has 0 spiro atoms. The standard InChI is InChI=1S/C16H23ClN4O3/c17-14-13(9-19-20-15(14)22)21-7-6-12(10-21)24-16(23)18-8-11-4-2-1-3-5-11/h9,11-12H,1-8,10H2,(H,18,23)(H,20,22)/t12-/m1/s1. The summed E-state index contributed by atoms with van der Waals surface area (Å²) < 4.78 is 5.48. The molecule has 0 bridgehead atoms. The number of H-pyrrole nitrogens is 1. The zero-order valence-corrected chi connectivity index (χ0v) is 14.3. The Hall–Kier alpha value is -1.76. The van der Waals surface area contributed by atoms with Gasteiger partial charge in [-0.05, 0) is 18.8 Å². The van der Waals surface area contributed by atoms with Crippen LogP contribution in [-0.2, 0) is 4.74 Å². The van der Waals surface area contributed by atoms with Gasteiger partial charge >= 0.3 is 6.09 Å². The largest absolute Gasteiger partial charge is 0.444 e. The van der Waals surface area contributed by atoms with Crippen LogP contribution in [0.4, 0.5) is 10.5 Å². The predicted octanol–water partition coefficient (Wildman–Crippen LogP) is 2.31. The Morgan fingerprint density at radius 3 is 2.96 bits per heavy atom. The number of aromatic nitrogens is 2. The Kier molecular flexibility index (Phi) is 5.60. The van der Waals surface area contributed by atoms with E-state index in [0.29, 0.717) is 37.7 Å². The van der Waals surface area contributed by atoms with E-state index in [-0.39, 0.29) is 17.2 Å². The summed E-state index contributed by atoms with van der Waals surface area (Å²) in [6.07, 6.45) is 7.85. The van der Waals surface area contributed by atoms with Crippen molar-refractivity contribution in [3.05, 3.63) is 21.6 Å². The van der Waals surface area contributed by atoms with Crippen LogP contribution in [0.2, 0.25) is 5.02 Å². The fraction of sp³-hybridized carbons (Fsp3) is 0.688. The van der Waals surface area contributed by atoms with Crippen molar-refractivity contribution >= 4 is 23.4 Å². The van der Waals surface area contributed by atoms with Crippen LogP contribution in [0, 0.1) is 5.92 Å². The lowest BCUT2D eigenvalue weighted by Crippen LogP contribution is -2.34.